The Balaban J connectivity index is 1.40. The summed E-state index contributed by atoms with van der Waals surface area (Å²) in [5, 5.41) is 10.3. The highest BCUT2D eigenvalue weighted by molar-refractivity contribution is 5.93. The number of rotatable bonds is 8. The Kier molecular flexibility index (Phi) is 6.35. The molecule has 9 nitrogen and oxygen atoms in total. The third kappa shape index (κ3) is 4.84. The smallest absolute Gasteiger partial charge is 0.254 e. The van der Waals surface area contributed by atoms with Crippen molar-refractivity contribution in [1.82, 2.24) is 25.2 Å². The fourth-order valence-electron chi connectivity index (χ4n) is 4.64. The van der Waals surface area contributed by atoms with E-state index in [-0.39, 0.29) is 11.4 Å². The molecule has 1 fully saturated rings. The number of hydrogen-bond acceptors (Lipinski definition) is 7. The van der Waals surface area contributed by atoms with Gasteiger partial charge in [-0.3, -0.25) is 9.36 Å². The lowest BCUT2D eigenvalue weighted by atomic mass is 9.87. The van der Waals surface area contributed by atoms with E-state index in [0.29, 0.717) is 18.7 Å². The zero-order chi connectivity index (χ0) is 23.4. The Morgan fingerprint density at radius 1 is 1.24 bits per heavy atom. The molecule has 34 heavy (non-hydrogen) atoms. The normalized spacial score (nSPS) is 18.6. The van der Waals surface area contributed by atoms with Crippen molar-refractivity contribution < 1.29 is 13.6 Å². The molecule has 1 amide bonds. The molecule has 1 unspecified atom stereocenters. The van der Waals surface area contributed by atoms with Crippen molar-refractivity contribution in [2.75, 3.05) is 25.0 Å². The van der Waals surface area contributed by atoms with Gasteiger partial charge in [0, 0.05) is 18.3 Å². The van der Waals surface area contributed by atoms with Gasteiger partial charge in [-0.1, -0.05) is 0 Å². The SMILES string of the molecule is Cc1ccc(Cn2c(NC3(CCNC(=O)c4ccoc4)CCCNCC3)nc3cccnc32)o1. The molecule has 1 aliphatic rings. The van der Waals surface area contributed by atoms with Crippen molar-refractivity contribution in [2.24, 2.45) is 0 Å². The second kappa shape index (κ2) is 9.72. The number of imidazole rings is 1. The number of anilines is 1. The molecule has 1 saturated heterocycles. The van der Waals surface area contributed by atoms with E-state index in [2.05, 4.69) is 25.5 Å². The van der Waals surface area contributed by atoms with Gasteiger partial charge in [0.1, 0.15) is 23.3 Å². The Morgan fingerprint density at radius 3 is 3.00 bits per heavy atom. The average Bonchev–Trinajstić information content (AvgIpc) is 3.54. The van der Waals surface area contributed by atoms with Crippen LogP contribution in [-0.2, 0) is 6.54 Å². The minimum Gasteiger partial charge on any atom is -0.472 e. The lowest BCUT2D eigenvalue weighted by Crippen LogP contribution is -2.43. The van der Waals surface area contributed by atoms with Crippen LogP contribution in [0.1, 0.15) is 47.6 Å². The molecule has 0 aromatic carbocycles. The van der Waals surface area contributed by atoms with Crippen LogP contribution in [-0.4, -0.2) is 45.6 Å². The van der Waals surface area contributed by atoms with Gasteiger partial charge in [-0.25, -0.2) is 9.97 Å². The quantitative estimate of drug-likeness (QED) is 0.366. The summed E-state index contributed by atoms with van der Waals surface area (Å²) in [7, 11) is 0. The highest BCUT2D eigenvalue weighted by atomic mass is 16.3. The Bertz CT molecular complexity index is 1230. The number of aromatic nitrogens is 3. The van der Waals surface area contributed by atoms with Crippen LogP contribution in [0.5, 0.6) is 0 Å². The Hall–Kier alpha value is -3.59. The van der Waals surface area contributed by atoms with E-state index in [1.165, 1.54) is 12.5 Å². The van der Waals surface area contributed by atoms with E-state index in [1.807, 2.05) is 31.2 Å². The largest absolute Gasteiger partial charge is 0.472 e. The van der Waals surface area contributed by atoms with E-state index < -0.39 is 0 Å². The molecule has 5 heterocycles. The molecule has 1 aliphatic heterocycles. The summed E-state index contributed by atoms with van der Waals surface area (Å²) in [6.07, 6.45) is 8.46. The molecule has 178 valence electrons. The number of nitrogens with one attached hydrogen (secondary N) is 3. The number of aryl methyl sites for hydroxylation is 1. The second-order valence-corrected chi connectivity index (χ2v) is 8.91. The third-order valence-corrected chi connectivity index (χ3v) is 6.45. The molecule has 4 aromatic heterocycles. The summed E-state index contributed by atoms with van der Waals surface area (Å²) in [6.45, 7) is 4.91. The van der Waals surface area contributed by atoms with Gasteiger partial charge >= 0.3 is 0 Å². The van der Waals surface area contributed by atoms with Gasteiger partial charge in [-0.05, 0) is 76.0 Å². The monoisotopic (exact) mass is 462 g/mol. The lowest BCUT2D eigenvalue weighted by molar-refractivity contribution is 0.0950. The van der Waals surface area contributed by atoms with Gasteiger partial charge in [-0.15, -0.1) is 0 Å². The van der Waals surface area contributed by atoms with Crippen LogP contribution in [0.15, 0.2) is 57.9 Å². The predicted molar refractivity (Wildman–Crippen MR) is 129 cm³/mol. The van der Waals surface area contributed by atoms with Crippen molar-refractivity contribution in [3.8, 4) is 0 Å². The molecule has 0 radical (unpaired) electrons. The number of carbonyl (C=O) groups excluding carboxylic acids is 1. The third-order valence-electron chi connectivity index (χ3n) is 6.45. The Labute approximate surface area is 197 Å². The minimum absolute atomic E-state index is 0.125. The van der Waals surface area contributed by atoms with Crippen molar-refractivity contribution in [3.05, 3.63) is 66.1 Å². The van der Waals surface area contributed by atoms with Gasteiger partial charge < -0.3 is 24.8 Å². The van der Waals surface area contributed by atoms with Crippen LogP contribution in [0.2, 0.25) is 0 Å². The van der Waals surface area contributed by atoms with E-state index in [0.717, 1.165) is 67.4 Å². The van der Waals surface area contributed by atoms with Gasteiger partial charge in [0.2, 0.25) is 5.95 Å². The molecule has 4 aromatic rings. The molecule has 9 heteroatoms. The topological polar surface area (TPSA) is 110 Å². The molecule has 0 bridgehead atoms. The summed E-state index contributed by atoms with van der Waals surface area (Å²) >= 11 is 0. The summed E-state index contributed by atoms with van der Waals surface area (Å²) in [5.74, 6) is 2.38. The molecule has 1 atom stereocenters. The van der Waals surface area contributed by atoms with Crippen LogP contribution in [0.3, 0.4) is 0 Å². The number of fused-ring (bicyclic) bond motifs is 1. The van der Waals surface area contributed by atoms with Crippen molar-refractivity contribution >= 4 is 23.0 Å². The number of nitrogens with zero attached hydrogens (tertiary/aromatic N) is 3. The van der Waals surface area contributed by atoms with E-state index in [9.17, 15) is 4.79 Å². The number of amides is 1. The van der Waals surface area contributed by atoms with Crippen LogP contribution >= 0.6 is 0 Å². The second-order valence-electron chi connectivity index (χ2n) is 8.91. The maximum absolute atomic E-state index is 12.4. The predicted octanol–water partition coefficient (Wildman–Crippen LogP) is 3.72. The molecule has 0 spiro atoms. The van der Waals surface area contributed by atoms with Gasteiger partial charge in [0.05, 0.1) is 18.4 Å². The van der Waals surface area contributed by atoms with Crippen LogP contribution in [0.25, 0.3) is 11.2 Å². The summed E-state index contributed by atoms with van der Waals surface area (Å²) in [5.41, 5.74) is 1.97. The molecule has 3 N–H and O–H groups in total. The zero-order valence-corrected chi connectivity index (χ0v) is 19.3. The first-order chi connectivity index (χ1) is 16.6. The Morgan fingerprint density at radius 2 is 2.18 bits per heavy atom. The molecule has 0 aliphatic carbocycles. The van der Waals surface area contributed by atoms with E-state index in [1.54, 1.807) is 12.3 Å². The molecule has 5 rings (SSSR count). The van der Waals surface area contributed by atoms with Crippen molar-refractivity contribution in [1.29, 1.82) is 0 Å². The summed E-state index contributed by atoms with van der Waals surface area (Å²) in [6, 6.07) is 9.51. The van der Waals surface area contributed by atoms with Crippen LogP contribution in [0.4, 0.5) is 5.95 Å². The van der Waals surface area contributed by atoms with Crippen LogP contribution in [0, 0.1) is 6.92 Å². The first kappa shape index (κ1) is 22.2. The van der Waals surface area contributed by atoms with Crippen molar-refractivity contribution in [2.45, 2.75) is 44.7 Å². The maximum Gasteiger partial charge on any atom is 0.254 e. The average molecular weight is 463 g/mol. The number of pyridine rings is 1. The van der Waals surface area contributed by atoms with Gasteiger partial charge in [0.25, 0.3) is 5.91 Å². The number of hydrogen-bond donors (Lipinski definition) is 3. The van der Waals surface area contributed by atoms with E-state index >= 15 is 0 Å². The van der Waals surface area contributed by atoms with Crippen molar-refractivity contribution in [3.63, 3.8) is 0 Å². The zero-order valence-electron chi connectivity index (χ0n) is 19.3. The van der Waals surface area contributed by atoms with Crippen LogP contribution < -0.4 is 16.0 Å². The molecular weight excluding hydrogens is 432 g/mol. The minimum atomic E-state index is -0.217. The first-order valence-corrected chi connectivity index (χ1v) is 11.8. The lowest BCUT2D eigenvalue weighted by Gasteiger charge is -2.34. The fraction of sp³-hybridized carbons (Fsp3) is 0.400. The number of furan rings is 2. The summed E-state index contributed by atoms with van der Waals surface area (Å²) in [4.78, 5) is 21.9. The fourth-order valence-corrected chi connectivity index (χ4v) is 4.64. The number of carbonyl (C=O) groups is 1. The van der Waals surface area contributed by atoms with E-state index in [4.69, 9.17) is 13.8 Å². The first-order valence-electron chi connectivity index (χ1n) is 11.8. The van der Waals surface area contributed by atoms with Gasteiger partial charge in [-0.2, -0.15) is 0 Å². The molecule has 0 saturated carbocycles. The highest BCUT2D eigenvalue weighted by Crippen LogP contribution is 2.30. The highest BCUT2D eigenvalue weighted by Gasteiger charge is 2.32. The molecular formula is C25H30N6O3. The standard InChI is InChI=1S/C25H30N6O3/c1-18-5-6-20(34-18)16-31-22-21(4-2-12-27-22)29-24(31)30-25(8-3-11-26-13-9-25)10-14-28-23(32)19-7-15-33-17-19/h2,4-7,12,15,17,26H,3,8-11,13-14,16H2,1H3,(H,28,32)(H,29,30). The summed E-state index contributed by atoms with van der Waals surface area (Å²) < 4.78 is 13.0. The maximum atomic E-state index is 12.4. The van der Waals surface area contributed by atoms with Gasteiger partial charge in [0.15, 0.2) is 5.65 Å².